The van der Waals surface area contributed by atoms with Gasteiger partial charge in [-0.1, -0.05) is 30.3 Å². The molecule has 0 atom stereocenters. The highest BCUT2D eigenvalue weighted by Gasteiger charge is 2.14. The molecule has 3 rings (SSSR count). The first-order valence-corrected chi connectivity index (χ1v) is 5.73. The van der Waals surface area contributed by atoms with Crippen LogP contribution >= 0.6 is 0 Å². The van der Waals surface area contributed by atoms with Crippen LogP contribution in [-0.4, -0.2) is 29.1 Å². The van der Waals surface area contributed by atoms with Gasteiger partial charge in [-0.25, -0.2) is 9.66 Å². The van der Waals surface area contributed by atoms with Gasteiger partial charge in [0.2, 0.25) is 0 Å². The Bertz CT molecular complexity index is 542. The van der Waals surface area contributed by atoms with Gasteiger partial charge in [0.15, 0.2) is 5.82 Å². The quantitative estimate of drug-likeness (QED) is 0.783. The molecule has 1 aliphatic heterocycles. The zero-order valence-electron chi connectivity index (χ0n) is 9.74. The molecule has 0 bridgehead atoms. The lowest BCUT2D eigenvalue weighted by molar-refractivity contribution is 0.759. The number of imidazole rings is 1. The van der Waals surface area contributed by atoms with Crippen molar-refractivity contribution in [3.8, 4) is 11.4 Å². The highest BCUT2D eigenvalue weighted by molar-refractivity contribution is 5.71. The summed E-state index contributed by atoms with van der Waals surface area (Å²) in [6.45, 7) is 3.78. The van der Waals surface area contributed by atoms with Crippen molar-refractivity contribution < 1.29 is 0 Å². The van der Waals surface area contributed by atoms with Gasteiger partial charge in [0.05, 0.1) is 25.0 Å². The molecule has 0 unspecified atom stereocenters. The average molecular weight is 226 g/mol. The lowest BCUT2D eigenvalue weighted by Crippen LogP contribution is -2.31. The van der Waals surface area contributed by atoms with Gasteiger partial charge < -0.3 is 0 Å². The van der Waals surface area contributed by atoms with Crippen LogP contribution in [0, 0.1) is 6.92 Å². The smallest absolute Gasteiger partial charge is 0.159 e. The summed E-state index contributed by atoms with van der Waals surface area (Å²) in [7, 11) is 0. The van der Waals surface area contributed by atoms with Crippen LogP contribution in [0.4, 0.5) is 0 Å². The van der Waals surface area contributed by atoms with Gasteiger partial charge in [-0.2, -0.15) is 0 Å². The third-order valence-corrected chi connectivity index (χ3v) is 2.79. The number of rotatable bonds is 2. The molecule has 1 aromatic carbocycles. The average Bonchev–Trinajstić information content (AvgIpc) is 2.98. The first-order valence-electron chi connectivity index (χ1n) is 5.73. The number of aryl methyl sites for hydroxylation is 1. The predicted molar refractivity (Wildman–Crippen MR) is 68.8 cm³/mol. The van der Waals surface area contributed by atoms with E-state index in [1.165, 1.54) is 0 Å². The van der Waals surface area contributed by atoms with Crippen LogP contribution in [0.1, 0.15) is 5.69 Å². The fourth-order valence-corrected chi connectivity index (χ4v) is 2.00. The summed E-state index contributed by atoms with van der Waals surface area (Å²) in [5.41, 5.74) is 2.14. The number of nitrogens with zero attached hydrogens (tertiary/aromatic N) is 4. The lowest BCUT2D eigenvalue weighted by atomic mass is 10.2. The molecule has 0 radical (unpaired) electrons. The van der Waals surface area contributed by atoms with E-state index in [1.807, 2.05) is 37.7 Å². The minimum Gasteiger partial charge on any atom is -0.272 e. The Hall–Kier alpha value is -2.10. The van der Waals surface area contributed by atoms with E-state index in [0.717, 1.165) is 30.2 Å². The van der Waals surface area contributed by atoms with E-state index in [4.69, 9.17) is 0 Å². The molecule has 0 N–H and O–H groups in total. The lowest BCUT2D eigenvalue weighted by Gasteiger charge is -2.17. The summed E-state index contributed by atoms with van der Waals surface area (Å²) in [5, 5.41) is 2.09. The van der Waals surface area contributed by atoms with Crippen molar-refractivity contribution in [2.45, 2.75) is 6.92 Å². The molecule has 86 valence electrons. The molecule has 17 heavy (non-hydrogen) atoms. The van der Waals surface area contributed by atoms with Crippen molar-refractivity contribution in [2.24, 2.45) is 4.99 Å². The van der Waals surface area contributed by atoms with Crippen molar-refractivity contribution >= 4 is 6.34 Å². The summed E-state index contributed by atoms with van der Waals surface area (Å²) in [4.78, 5) is 8.82. The van der Waals surface area contributed by atoms with E-state index < -0.39 is 0 Å². The van der Waals surface area contributed by atoms with Gasteiger partial charge in [0.25, 0.3) is 0 Å². The van der Waals surface area contributed by atoms with Crippen LogP contribution in [0.5, 0.6) is 0 Å². The third kappa shape index (κ3) is 1.82. The summed E-state index contributed by atoms with van der Waals surface area (Å²) in [5.74, 6) is 0.969. The van der Waals surface area contributed by atoms with Crippen LogP contribution in [0.2, 0.25) is 0 Å². The molecular weight excluding hydrogens is 212 g/mol. The summed E-state index contributed by atoms with van der Waals surface area (Å²) in [6, 6.07) is 10.2. The van der Waals surface area contributed by atoms with Crippen molar-refractivity contribution in [2.75, 3.05) is 18.1 Å². The van der Waals surface area contributed by atoms with E-state index in [9.17, 15) is 0 Å². The molecule has 4 heteroatoms. The molecule has 0 fully saturated rings. The molecule has 0 aliphatic carbocycles. The number of hydrogen-bond donors (Lipinski definition) is 0. The molecule has 0 saturated carbocycles. The Morgan fingerprint density at radius 2 is 2.00 bits per heavy atom. The Kier molecular flexibility index (Phi) is 2.40. The highest BCUT2D eigenvalue weighted by atomic mass is 15.6. The molecule has 0 saturated heterocycles. The topological polar surface area (TPSA) is 33.4 Å². The highest BCUT2D eigenvalue weighted by Crippen LogP contribution is 2.19. The second kappa shape index (κ2) is 4.05. The molecule has 2 heterocycles. The molecule has 2 aromatic rings. The fourth-order valence-electron chi connectivity index (χ4n) is 2.00. The molecule has 0 amide bonds. The zero-order chi connectivity index (χ0) is 11.7. The van der Waals surface area contributed by atoms with E-state index in [0.29, 0.717) is 0 Å². The van der Waals surface area contributed by atoms with Gasteiger partial charge >= 0.3 is 0 Å². The van der Waals surface area contributed by atoms with Crippen LogP contribution in [-0.2, 0) is 0 Å². The maximum Gasteiger partial charge on any atom is 0.159 e. The normalized spacial score (nSPS) is 14.5. The van der Waals surface area contributed by atoms with Crippen LogP contribution < -0.4 is 5.01 Å². The van der Waals surface area contributed by atoms with Crippen molar-refractivity contribution in [3.63, 3.8) is 0 Å². The van der Waals surface area contributed by atoms with Gasteiger partial charge in [-0.3, -0.25) is 10.0 Å². The Morgan fingerprint density at radius 1 is 1.18 bits per heavy atom. The maximum absolute atomic E-state index is 4.59. The van der Waals surface area contributed by atoms with Gasteiger partial charge in [-0.05, 0) is 6.92 Å². The Morgan fingerprint density at radius 3 is 2.71 bits per heavy atom. The number of benzene rings is 1. The Labute approximate surface area is 100 Å². The zero-order valence-corrected chi connectivity index (χ0v) is 9.74. The van der Waals surface area contributed by atoms with Gasteiger partial charge in [-0.15, -0.1) is 0 Å². The summed E-state index contributed by atoms with van der Waals surface area (Å²) >= 11 is 0. The fraction of sp³-hybridized carbons (Fsp3) is 0.231. The first kappa shape index (κ1) is 10.1. The van der Waals surface area contributed by atoms with E-state index >= 15 is 0 Å². The van der Waals surface area contributed by atoms with E-state index in [-0.39, 0.29) is 0 Å². The van der Waals surface area contributed by atoms with Crippen molar-refractivity contribution in [1.29, 1.82) is 0 Å². The molecular formula is C13H14N4. The minimum absolute atomic E-state index is 0.853. The maximum atomic E-state index is 4.59. The number of aliphatic imine (C=N–C) groups is 1. The van der Waals surface area contributed by atoms with Crippen molar-refractivity contribution in [3.05, 3.63) is 42.2 Å². The monoisotopic (exact) mass is 226 g/mol. The first-order chi connectivity index (χ1) is 8.34. The minimum atomic E-state index is 0.853. The van der Waals surface area contributed by atoms with Crippen molar-refractivity contribution in [1.82, 2.24) is 9.66 Å². The van der Waals surface area contributed by atoms with E-state index in [2.05, 4.69) is 31.8 Å². The van der Waals surface area contributed by atoms with Crippen LogP contribution in [0.3, 0.4) is 0 Å². The molecule has 1 aromatic heterocycles. The van der Waals surface area contributed by atoms with E-state index in [1.54, 1.807) is 0 Å². The van der Waals surface area contributed by atoms with Gasteiger partial charge in [0.1, 0.15) is 6.34 Å². The van der Waals surface area contributed by atoms with Crippen LogP contribution in [0.25, 0.3) is 11.4 Å². The molecule has 0 spiro atoms. The third-order valence-electron chi connectivity index (χ3n) is 2.79. The number of aromatic nitrogens is 2. The predicted octanol–water partition coefficient (Wildman–Crippen LogP) is 1.84. The van der Waals surface area contributed by atoms with Gasteiger partial charge in [0, 0.05) is 5.56 Å². The summed E-state index contributed by atoms with van der Waals surface area (Å²) < 4.78 is 2.07. The second-order valence-corrected chi connectivity index (χ2v) is 4.10. The second-order valence-electron chi connectivity index (χ2n) is 4.10. The molecule has 4 nitrogen and oxygen atoms in total. The SMILES string of the molecule is Cc1cn(N2C=NCC2)c(-c2ccccc2)n1. The van der Waals surface area contributed by atoms with Crippen LogP contribution in [0.15, 0.2) is 41.5 Å². The number of hydrogen-bond acceptors (Lipinski definition) is 3. The standard InChI is InChI=1S/C13H14N4/c1-11-9-17(16-8-7-14-10-16)13(15-11)12-5-3-2-4-6-12/h2-6,9-10H,7-8H2,1H3. The Balaban J connectivity index is 2.07. The largest absolute Gasteiger partial charge is 0.272 e. The summed E-state index contributed by atoms with van der Waals surface area (Å²) in [6.07, 6.45) is 3.91. The molecule has 1 aliphatic rings.